The predicted molar refractivity (Wildman–Crippen MR) is 126 cm³/mol. The van der Waals surface area contributed by atoms with Crippen LogP contribution in [0, 0.1) is 5.82 Å². The van der Waals surface area contributed by atoms with Gasteiger partial charge >= 0.3 is 0 Å². The van der Waals surface area contributed by atoms with Crippen molar-refractivity contribution in [2.45, 2.75) is 13.0 Å². The summed E-state index contributed by atoms with van der Waals surface area (Å²) in [5.41, 5.74) is 5.04. The lowest BCUT2D eigenvalue weighted by Crippen LogP contribution is -2.23. The van der Waals surface area contributed by atoms with Gasteiger partial charge in [-0.2, -0.15) is 5.10 Å². The topological polar surface area (TPSA) is 37.4 Å². The average Bonchev–Trinajstić information content (AvgIpc) is 3.44. The molecule has 2 aromatic carbocycles. The number of furan rings is 1. The minimum Gasteiger partial charge on any atom is -0.463 e. The lowest BCUT2D eigenvalue weighted by Gasteiger charge is -2.18. The Bertz CT molecular complexity index is 1120. The molecule has 0 atom stereocenters. The smallest absolute Gasteiger partial charge is 0.152 e. The molecule has 0 saturated carbocycles. The Labute approximate surface area is 188 Å². The van der Waals surface area contributed by atoms with Crippen LogP contribution in [0.3, 0.4) is 0 Å². The molecule has 2 aromatic heterocycles. The third-order valence-corrected chi connectivity index (χ3v) is 5.47. The zero-order chi connectivity index (χ0) is 22.5. The second-order valence-electron chi connectivity index (χ2n) is 8.36. The summed E-state index contributed by atoms with van der Waals surface area (Å²) < 4.78 is 20.9. The number of hydrogen-bond donors (Lipinski definition) is 0. The van der Waals surface area contributed by atoms with Crippen LogP contribution in [0.5, 0.6) is 0 Å². The zero-order valence-electron chi connectivity index (χ0n) is 18.8. The van der Waals surface area contributed by atoms with Crippen molar-refractivity contribution in [3.8, 4) is 28.3 Å². The SMILES string of the molecule is CN(C)CCCN(C)Cc1cnn(-c2ccc(-c3ccc(F)cc3)cc2)c1-c1ccco1. The number of rotatable bonds is 9. The normalized spacial score (nSPS) is 11.6. The van der Waals surface area contributed by atoms with Crippen LogP contribution in [0.4, 0.5) is 4.39 Å². The fourth-order valence-electron chi connectivity index (χ4n) is 3.83. The van der Waals surface area contributed by atoms with Crippen molar-refractivity contribution >= 4 is 0 Å². The maximum atomic E-state index is 13.2. The Morgan fingerprint density at radius 1 is 0.906 bits per heavy atom. The van der Waals surface area contributed by atoms with Gasteiger partial charge in [0, 0.05) is 12.1 Å². The van der Waals surface area contributed by atoms with Crippen molar-refractivity contribution in [2.75, 3.05) is 34.2 Å². The first-order chi connectivity index (χ1) is 15.5. The molecule has 0 aliphatic rings. The van der Waals surface area contributed by atoms with Crippen LogP contribution in [-0.4, -0.2) is 53.8 Å². The molecule has 0 unspecified atom stereocenters. The van der Waals surface area contributed by atoms with Gasteiger partial charge in [0.1, 0.15) is 11.5 Å². The van der Waals surface area contributed by atoms with E-state index in [0.29, 0.717) is 0 Å². The maximum Gasteiger partial charge on any atom is 0.152 e. The van der Waals surface area contributed by atoms with Crippen molar-refractivity contribution in [1.82, 2.24) is 19.6 Å². The van der Waals surface area contributed by atoms with Gasteiger partial charge in [-0.3, -0.25) is 0 Å². The van der Waals surface area contributed by atoms with E-state index in [0.717, 1.165) is 59.9 Å². The molecule has 0 radical (unpaired) electrons. The fraction of sp³-hybridized carbons (Fsp3) is 0.269. The molecule has 166 valence electrons. The highest BCUT2D eigenvalue weighted by Gasteiger charge is 2.18. The van der Waals surface area contributed by atoms with Crippen LogP contribution < -0.4 is 0 Å². The maximum absolute atomic E-state index is 13.2. The van der Waals surface area contributed by atoms with Crippen LogP contribution in [-0.2, 0) is 6.54 Å². The van der Waals surface area contributed by atoms with E-state index >= 15 is 0 Å². The van der Waals surface area contributed by atoms with E-state index in [9.17, 15) is 4.39 Å². The third kappa shape index (κ3) is 5.15. The molecule has 0 N–H and O–H groups in total. The summed E-state index contributed by atoms with van der Waals surface area (Å²) in [7, 11) is 6.33. The number of aromatic nitrogens is 2. The zero-order valence-corrected chi connectivity index (χ0v) is 18.8. The lowest BCUT2D eigenvalue weighted by molar-refractivity contribution is 0.295. The molecule has 2 heterocycles. The summed E-state index contributed by atoms with van der Waals surface area (Å²) in [4.78, 5) is 4.52. The summed E-state index contributed by atoms with van der Waals surface area (Å²) in [6.07, 6.45) is 4.72. The molecule has 0 fully saturated rings. The van der Waals surface area contributed by atoms with Gasteiger partial charge in [0.15, 0.2) is 5.76 Å². The largest absolute Gasteiger partial charge is 0.463 e. The van der Waals surface area contributed by atoms with Gasteiger partial charge in [0.25, 0.3) is 0 Å². The highest BCUT2D eigenvalue weighted by Crippen LogP contribution is 2.29. The quantitative estimate of drug-likeness (QED) is 0.359. The first kappa shape index (κ1) is 22.0. The van der Waals surface area contributed by atoms with Crippen LogP contribution >= 0.6 is 0 Å². The number of benzene rings is 2. The monoisotopic (exact) mass is 432 g/mol. The fourth-order valence-corrected chi connectivity index (χ4v) is 3.83. The number of nitrogens with zero attached hydrogens (tertiary/aromatic N) is 4. The van der Waals surface area contributed by atoms with Crippen molar-refractivity contribution in [3.63, 3.8) is 0 Å². The minimum absolute atomic E-state index is 0.232. The van der Waals surface area contributed by atoms with Crippen molar-refractivity contribution in [2.24, 2.45) is 0 Å². The Hall–Kier alpha value is -3.22. The van der Waals surface area contributed by atoms with Gasteiger partial charge in [0.2, 0.25) is 0 Å². The van der Waals surface area contributed by atoms with Crippen molar-refractivity contribution < 1.29 is 8.81 Å². The molecule has 4 rings (SSSR count). The number of halogens is 1. The van der Waals surface area contributed by atoms with Gasteiger partial charge in [-0.05, 0) is 88.2 Å². The molecule has 0 aliphatic heterocycles. The van der Waals surface area contributed by atoms with E-state index in [1.54, 1.807) is 18.4 Å². The molecule has 0 spiro atoms. The third-order valence-electron chi connectivity index (χ3n) is 5.47. The number of hydrogen-bond acceptors (Lipinski definition) is 4. The Kier molecular flexibility index (Phi) is 6.83. The second kappa shape index (κ2) is 9.94. The van der Waals surface area contributed by atoms with Gasteiger partial charge in [0.05, 0.1) is 18.1 Å². The minimum atomic E-state index is -0.232. The van der Waals surface area contributed by atoms with Gasteiger partial charge in [-0.15, -0.1) is 0 Å². The molecule has 5 nitrogen and oxygen atoms in total. The average molecular weight is 433 g/mol. The van der Waals surface area contributed by atoms with Crippen molar-refractivity contribution in [3.05, 3.63) is 84.5 Å². The molecule has 0 amide bonds. The molecule has 32 heavy (non-hydrogen) atoms. The van der Waals surface area contributed by atoms with Gasteiger partial charge in [-0.25, -0.2) is 9.07 Å². The van der Waals surface area contributed by atoms with E-state index in [-0.39, 0.29) is 5.82 Å². The summed E-state index contributed by atoms with van der Waals surface area (Å²) in [6.45, 7) is 2.86. The lowest BCUT2D eigenvalue weighted by atomic mass is 10.1. The molecule has 4 aromatic rings. The summed E-state index contributed by atoms with van der Waals surface area (Å²) in [6, 6.07) is 18.5. The van der Waals surface area contributed by atoms with E-state index in [2.05, 4.69) is 30.9 Å². The Morgan fingerprint density at radius 3 is 2.22 bits per heavy atom. The van der Waals surface area contributed by atoms with E-state index in [1.165, 1.54) is 12.1 Å². The first-order valence-electron chi connectivity index (χ1n) is 10.8. The molecule has 6 heteroatoms. The van der Waals surface area contributed by atoms with Gasteiger partial charge < -0.3 is 14.2 Å². The highest BCUT2D eigenvalue weighted by atomic mass is 19.1. The molecule has 0 bridgehead atoms. The summed E-state index contributed by atoms with van der Waals surface area (Å²) >= 11 is 0. The Balaban J connectivity index is 1.59. The van der Waals surface area contributed by atoms with Crippen LogP contribution in [0.2, 0.25) is 0 Å². The van der Waals surface area contributed by atoms with E-state index in [1.807, 2.05) is 47.3 Å². The van der Waals surface area contributed by atoms with Crippen LogP contribution in [0.1, 0.15) is 12.0 Å². The molecule has 0 aliphatic carbocycles. The van der Waals surface area contributed by atoms with Crippen molar-refractivity contribution in [1.29, 1.82) is 0 Å². The van der Waals surface area contributed by atoms with Crippen LogP contribution in [0.25, 0.3) is 28.3 Å². The van der Waals surface area contributed by atoms with E-state index < -0.39 is 0 Å². The summed E-state index contributed by atoms with van der Waals surface area (Å²) in [5, 5.41) is 4.69. The van der Waals surface area contributed by atoms with E-state index in [4.69, 9.17) is 9.52 Å². The highest BCUT2D eigenvalue weighted by molar-refractivity contribution is 5.66. The van der Waals surface area contributed by atoms with Gasteiger partial charge in [-0.1, -0.05) is 24.3 Å². The molecule has 0 saturated heterocycles. The molecular formula is C26H29FN4O. The first-order valence-corrected chi connectivity index (χ1v) is 10.8. The predicted octanol–water partition coefficient (Wildman–Crippen LogP) is 5.32. The second-order valence-corrected chi connectivity index (χ2v) is 8.36. The summed E-state index contributed by atoms with van der Waals surface area (Å²) in [5.74, 6) is 0.561. The standard InChI is InChI=1S/C26H29FN4O/c1-29(2)15-5-16-30(3)19-22-18-28-31(26(22)25-6-4-17-32-25)24-13-9-21(10-14-24)20-7-11-23(27)12-8-20/h4,6-14,17-18H,5,15-16,19H2,1-3H3. The van der Waals surface area contributed by atoms with Crippen LogP contribution in [0.15, 0.2) is 77.5 Å². The molecular weight excluding hydrogens is 403 g/mol. The Morgan fingerprint density at radius 2 is 1.59 bits per heavy atom.